The fraction of sp³-hybridized carbons (Fsp3) is 0.188. The molecule has 0 spiro atoms. The number of anilines is 1. The topological polar surface area (TPSA) is 59.3 Å². The average molecular weight is 388 g/mol. The van der Waals surface area contributed by atoms with Crippen LogP contribution in [0.1, 0.15) is 27.3 Å². The number of aromatic nitrogens is 3. The molecule has 1 amide bonds. The lowest BCUT2D eigenvalue weighted by molar-refractivity contribution is -0.143. The van der Waals surface area contributed by atoms with E-state index in [2.05, 4.69) is 15.4 Å². The third-order valence-corrected chi connectivity index (χ3v) is 3.54. The first-order valence-corrected chi connectivity index (χ1v) is 7.37. The van der Waals surface area contributed by atoms with Crippen LogP contribution in [-0.4, -0.2) is 20.5 Å². The lowest BCUT2D eigenvalue weighted by Crippen LogP contribution is -2.17. The van der Waals surface area contributed by atoms with Gasteiger partial charge in [-0.05, 0) is 37.3 Å². The Morgan fingerprint density at radius 2 is 1.59 bits per heavy atom. The van der Waals surface area contributed by atoms with Gasteiger partial charge in [0.2, 0.25) is 0 Å². The molecule has 0 radical (unpaired) electrons. The summed E-state index contributed by atoms with van der Waals surface area (Å²) >= 11 is 0. The van der Waals surface area contributed by atoms with Crippen LogP contribution in [0.3, 0.4) is 0 Å². The molecule has 5 nitrogen and oxygen atoms in total. The molecule has 0 fully saturated rings. The van der Waals surface area contributed by atoms with Crippen molar-refractivity contribution in [2.75, 3.05) is 5.32 Å². The van der Waals surface area contributed by atoms with Crippen LogP contribution in [0.5, 0.6) is 0 Å². The second-order valence-electron chi connectivity index (χ2n) is 5.63. The van der Waals surface area contributed by atoms with E-state index in [4.69, 9.17) is 0 Å². The van der Waals surface area contributed by atoms with E-state index in [9.17, 15) is 31.1 Å². The number of hydrogen-bond acceptors (Lipinski definition) is 3. The molecule has 1 aromatic carbocycles. The van der Waals surface area contributed by atoms with E-state index < -0.39 is 35.0 Å². The van der Waals surface area contributed by atoms with E-state index in [1.807, 2.05) is 0 Å². The van der Waals surface area contributed by atoms with Crippen molar-refractivity contribution >= 4 is 17.2 Å². The molecule has 1 N–H and O–H groups in total. The minimum absolute atomic E-state index is 0.0407. The maximum Gasteiger partial charge on any atom is 0.416 e. The Morgan fingerprint density at radius 1 is 1.00 bits per heavy atom. The quantitative estimate of drug-likeness (QED) is 0.665. The zero-order chi connectivity index (χ0) is 20.0. The molecule has 11 heteroatoms. The zero-order valence-electron chi connectivity index (χ0n) is 13.5. The molecule has 0 bridgehead atoms. The van der Waals surface area contributed by atoms with Crippen molar-refractivity contribution in [1.29, 1.82) is 0 Å². The van der Waals surface area contributed by atoms with Crippen LogP contribution in [0.15, 0.2) is 36.5 Å². The van der Waals surface area contributed by atoms with E-state index in [1.165, 1.54) is 22.8 Å². The SMILES string of the molecule is Cc1nc2ccc(NC(=O)c3cc(C(F)(F)F)cc(C(F)(F)F)c3)cn2n1. The Kier molecular flexibility index (Phi) is 4.32. The highest BCUT2D eigenvalue weighted by Gasteiger charge is 2.37. The predicted molar refractivity (Wildman–Crippen MR) is 82.1 cm³/mol. The zero-order valence-corrected chi connectivity index (χ0v) is 13.5. The first-order valence-electron chi connectivity index (χ1n) is 7.37. The minimum atomic E-state index is -5.03. The summed E-state index contributed by atoms with van der Waals surface area (Å²) in [6.45, 7) is 1.63. The third-order valence-electron chi connectivity index (χ3n) is 3.54. The Morgan fingerprint density at radius 3 is 2.15 bits per heavy atom. The molecular weight excluding hydrogens is 378 g/mol. The number of halogens is 6. The van der Waals surface area contributed by atoms with Crippen LogP contribution in [-0.2, 0) is 12.4 Å². The highest BCUT2D eigenvalue weighted by atomic mass is 19.4. The third kappa shape index (κ3) is 4.01. The number of hydrogen-bond donors (Lipinski definition) is 1. The average Bonchev–Trinajstić information content (AvgIpc) is 2.92. The molecule has 0 unspecified atom stereocenters. The minimum Gasteiger partial charge on any atom is -0.321 e. The van der Waals surface area contributed by atoms with Crippen LogP contribution in [0.4, 0.5) is 32.0 Å². The van der Waals surface area contributed by atoms with Gasteiger partial charge in [-0.1, -0.05) is 0 Å². The smallest absolute Gasteiger partial charge is 0.321 e. The molecule has 142 valence electrons. The first-order chi connectivity index (χ1) is 12.4. The van der Waals surface area contributed by atoms with E-state index in [1.54, 1.807) is 6.92 Å². The van der Waals surface area contributed by atoms with E-state index in [-0.39, 0.29) is 11.8 Å². The molecule has 2 heterocycles. The van der Waals surface area contributed by atoms with Crippen LogP contribution in [0, 0.1) is 6.92 Å². The maximum atomic E-state index is 12.9. The summed E-state index contributed by atoms with van der Waals surface area (Å²) in [5, 5.41) is 6.26. The van der Waals surface area contributed by atoms with Gasteiger partial charge in [-0.2, -0.15) is 31.4 Å². The second kappa shape index (κ2) is 6.25. The predicted octanol–water partition coefficient (Wildman–Crippen LogP) is 4.33. The van der Waals surface area contributed by atoms with Gasteiger partial charge in [0.05, 0.1) is 23.0 Å². The molecular formula is C16H10F6N4O. The molecule has 0 saturated carbocycles. The van der Waals surface area contributed by atoms with Gasteiger partial charge in [0.25, 0.3) is 5.91 Å². The van der Waals surface area contributed by atoms with Gasteiger partial charge in [0.15, 0.2) is 5.65 Å². The van der Waals surface area contributed by atoms with E-state index in [0.717, 1.165) is 0 Å². The molecule has 0 aliphatic heterocycles. The van der Waals surface area contributed by atoms with Crippen LogP contribution < -0.4 is 5.32 Å². The highest BCUT2D eigenvalue weighted by Crippen LogP contribution is 2.36. The van der Waals surface area contributed by atoms with Crippen molar-refractivity contribution < 1.29 is 31.1 Å². The number of pyridine rings is 1. The summed E-state index contributed by atoms with van der Waals surface area (Å²) in [5.74, 6) is -0.672. The Balaban J connectivity index is 1.97. The van der Waals surface area contributed by atoms with Gasteiger partial charge >= 0.3 is 12.4 Å². The fourth-order valence-corrected chi connectivity index (χ4v) is 2.36. The van der Waals surface area contributed by atoms with Crippen LogP contribution in [0.25, 0.3) is 5.65 Å². The summed E-state index contributed by atoms with van der Waals surface area (Å²) < 4.78 is 78.6. The number of nitrogens with zero attached hydrogens (tertiary/aromatic N) is 3. The van der Waals surface area contributed by atoms with Gasteiger partial charge < -0.3 is 5.32 Å². The Hall–Kier alpha value is -3.11. The number of carbonyl (C=O) groups excluding carboxylic acids is 1. The summed E-state index contributed by atoms with van der Waals surface area (Å²) in [7, 11) is 0. The number of nitrogens with one attached hydrogen (secondary N) is 1. The Bertz CT molecular complexity index is 990. The standard InChI is InChI=1S/C16H10F6N4O/c1-8-23-13-3-2-12(7-26(13)25-8)24-14(27)9-4-10(15(17,18)19)6-11(5-9)16(20,21)22/h2-7H,1H3,(H,24,27). The summed E-state index contributed by atoms with van der Waals surface area (Å²) in [6.07, 6.45) is -8.73. The largest absolute Gasteiger partial charge is 0.416 e. The second-order valence-corrected chi connectivity index (χ2v) is 5.63. The monoisotopic (exact) mass is 388 g/mol. The van der Waals surface area contributed by atoms with E-state index >= 15 is 0 Å². The molecule has 0 saturated heterocycles. The maximum absolute atomic E-state index is 12.9. The number of amides is 1. The Labute approximate surface area is 147 Å². The molecule has 27 heavy (non-hydrogen) atoms. The molecule has 0 atom stereocenters. The van der Waals surface area contributed by atoms with Crippen molar-refractivity contribution in [1.82, 2.24) is 14.6 Å². The lowest BCUT2D eigenvalue weighted by Gasteiger charge is -2.14. The molecule has 2 aromatic heterocycles. The number of fused-ring (bicyclic) bond motifs is 1. The van der Waals surface area contributed by atoms with Gasteiger partial charge in [0.1, 0.15) is 5.82 Å². The van der Waals surface area contributed by atoms with Crippen molar-refractivity contribution in [2.24, 2.45) is 0 Å². The van der Waals surface area contributed by atoms with Crippen molar-refractivity contribution in [2.45, 2.75) is 19.3 Å². The van der Waals surface area contributed by atoms with Gasteiger partial charge in [-0.15, -0.1) is 0 Å². The summed E-state index contributed by atoms with van der Waals surface area (Å²) in [4.78, 5) is 16.3. The van der Waals surface area contributed by atoms with Crippen molar-refractivity contribution in [3.63, 3.8) is 0 Å². The fourth-order valence-electron chi connectivity index (χ4n) is 2.36. The summed E-state index contributed by atoms with van der Waals surface area (Å²) in [6, 6.07) is 3.58. The molecule has 0 aliphatic carbocycles. The highest BCUT2D eigenvalue weighted by molar-refractivity contribution is 6.04. The van der Waals surface area contributed by atoms with Crippen LogP contribution >= 0.6 is 0 Å². The number of aryl methyl sites for hydroxylation is 1. The number of alkyl halides is 6. The number of rotatable bonds is 2. The van der Waals surface area contributed by atoms with Gasteiger partial charge in [0, 0.05) is 5.56 Å². The van der Waals surface area contributed by atoms with Crippen molar-refractivity contribution in [3.8, 4) is 0 Å². The normalized spacial score (nSPS) is 12.4. The summed E-state index contributed by atoms with van der Waals surface area (Å²) in [5.41, 5.74) is -3.31. The molecule has 3 rings (SSSR count). The molecule has 0 aliphatic rings. The first kappa shape index (κ1) is 18.7. The van der Waals surface area contributed by atoms with Crippen LogP contribution in [0.2, 0.25) is 0 Å². The van der Waals surface area contributed by atoms with Gasteiger partial charge in [-0.3, -0.25) is 4.79 Å². The van der Waals surface area contributed by atoms with E-state index in [0.29, 0.717) is 23.6 Å². The number of carbonyl (C=O) groups is 1. The number of benzene rings is 1. The van der Waals surface area contributed by atoms with Crippen molar-refractivity contribution in [3.05, 3.63) is 59.0 Å². The van der Waals surface area contributed by atoms with Gasteiger partial charge in [-0.25, -0.2) is 9.50 Å². The molecule has 3 aromatic rings. The lowest BCUT2D eigenvalue weighted by atomic mass is 10.0.